The maximum absolute atomic E-state index is 13.0. The molecule has 0 bridgehead atoms. The number of carbonyl (C=O) groups is 2. The van der Waals surface area contributed by atoms with Crippen LogP contribution in [0.3, 0.4) is 0 Å². The van der Waals surface area contributed by atoms with E-state index in [0.29, 0.717) is 42.5 Å². The van der Waals surface area contributed by atoms with E-state index in [1.807, 2.05) is 18.2 Å². The Hall–Kier alpha value is -3.28. The molecule has 0 aromatic heterocycles. The number of ether oxygens (including phenoxy) is 2. The van der Waals surface area contributed by atoms with E-state index in [2.05, 4.69) is 11.0 Å². The number of para-hydroxylation sites is 1. The molecule has 1 saturated heterocycles. The highest BCUT2D eigenvalue weighted by Gasteiger charge is 2.26. The quantitative estimate of drug-likeness (QED) is 0.551. The predicted octanol–water partition coefficient (Wildman–Crippen LogP) is 3.22. The Morgan fingerprint density at radius 2 is 1.85 bits per heavy atom. The Morgan fingerprint density at radius 1 is 1.12 bits per heavy atom. The van der Waals surface area contributed by atoms with Crippen LogP contribution in [0.1, 0.15) is 24.5 Å². The third-order valence-corrected chi connectivity index (χ3v) is 5.84. The standard InChI is InChI=1S/C25H28ClN3O5/c1-18(25(32)29-13-11-28(12-14-29)10-4-9-27)34-23-6-3-2-5-19(23)15-20-16-21(26)7-8-22(20)33-17-24(30)31/h2-3,5-8,16,18H,4,10-15,17H2,1H3,(H,30,31). The zero-order chi connectivity index (χ0) is 24.5. The molecule has 1 aliphatic rings. The van der Waals surface area contributed by atoms with Crippen molar-refractivity contribution in [3.8, 4) is 17.6 Å². The zero-order valence-corrected chi connectivity index (χ0v) is 19.8. The third-order valence-electron chi connectivity index (χ3n) is 5.60. The molecule has 2 aromatic carbocycles. The lowest BCUT2D eigenvalue weighted by Gasteiger charge is -2.35. The molecule has 1 heterocycles. The van der Waals surface area contributed by atoms with E-state index in [1.165, 1.54) is 0 Å². The highest BCUT2D eigenvalue weighted by Crippen LogP contribution is 2.29. The number of carbonyl (C=O) groups excluding carboxylic acids is 1. The van der Waals surface area contributed by atoms with Gasteiger partial charge in [0.25, 0.3) is 5.91 Å². The first-order chi connectivity index (χ1) is 16.4. The average Bonchev–Trinajstić information content (AvgIpc) is 2.83. The summed E-state index contributed by atoms with van der Waals surface area (Å²) in [5.41, 5.74) is 1.54. The van der Waals surface area contributed by atoms with E-state index in [1.54, 1.807) is 36.1 Å². The Labute approximate surface area is 204 Å². The van der Waals surface area contributed by atoms with E-state index in [4.69, 9.17) is 31.4 Å². The zero-order valence-electron chi connectivity index (χ0n) is 19.1. The van der Waals surface area contributed by atoms with Gasteiger partial charge in [-0.1, -0.05) is 29.8 Å². The lowest BCUT2D eigenvalue weighted by molar-refractivity contribution is -0.140. The van der Waals surface area contributed by atoms with Crippen molar-refractivity contribution >= 4 is 23.5 Å². The molecule has 0 spiro atoms. The van der Waals surface area contributed by atoms with Crippen molar-refractivity contribution in [1.29, 1.82) is 5.26 Å². The summed E-state index contributed by atoms with van der Waals surface area (Å²) in [5, 5.41) is 18.2. The van der Waals surface area contributed by atoms with E-state index in [-0.39, 0.29) is 5.91 Å². The summed E-state index contributed by atoms with van der Waals surface area (Å²) in [6, 6.07) is 14.6. The molecule has 1 atom stereocenters. The van der Waals surface area contributed by atoms with Crippen molar-refractivity contribution in [3.63, 3.8) is 0 Å². The van der Waals surface area contributed by atoms with Gasteiger partial charge in [-0.15, -0.1) is 0 Å². The van der Waals surface area contributed by atoms with Crippen molar-refractivity contribution in [3.05, 3.63) is 58.6 Å². The topological polar surface area (TPSA) is 103 Å². The lowest BCUT2D eigenvalue weighted by Crippen LogP contribution is -2.52. The monoisotopic (exact) mass is 485 g/mol. The molecule has 9 heteroatoms. The van der Waals surface area contributed by atoms with Crippen LogP contribution in [-0.2, 0) is 16.0 Å². The molecule has 1 amide bonds. The van der Waals surface area contributed by atoms with Crippen LogP contribution in [0.25, 0.3) is 0 Å². The van der Waals surface area contributed by atoms with E-state index >= 15 is 0 Å². The molecular formula is C25H28ClN3O5. The number of carboxylic acid groups (broad SMARTS) is 1. The van der Waals surface area contributed by atoms with Crippen LogP contribution in [0.5, 0.6) is 11.5 Å². The molecule has 1 aliphatic heterocycles. The number of hydrogen-bond donors (Lipinski definition) is 1. The van der Waals surface area contributed by atoms with Crippen LogP contribution < -0.4 is 9.47 Å². The van der Waals surface area contributed by atoms with Crippen LogP contribution in [0.15, 0.2) is 42.5 Å². The molecule has 0 aliphatic carbocycles. The number of rotatable bonds is 10. The first-order valence-corrected chi connectivity index (χ1v) is 11.5. The highest BCUT2D eigenvalue weighted by molar-refractivity contribution is 6.30. The number of carboxylic acids is 1. The summed E-state index contributed by atoms with van der Waals surface area (Å²) < 4.78 is 11.5. The first-order valence-electron chi connectivity index (χ1n) is 11.1. The lowest BCUT2D eigenvalue weighted by atomic mass is 10.0. The summed E-state index contributed by atoms with van der Waals surface area (Å²) in [7, 11) is 0. The number of nitriles is 1. The molecule has 8 nitrogen and oxygen atoms in total. The van der Waals surface area contributed by atoms with Gasteiger partial charge in [0.05, 0.1) is 6.07 Å². The fourth-order valence-electron chi connectivity index (χ4n) is 3.83. The second kappa shape index (κ2) is 12.3. The van der Waals surface area contributed by atoms with Crippen molar-refractivity contribution in [2.45, 2.75) is 25.9 Å². The van der Waals surface area contributed by atoms with Gasteiger partial charge in [0, 0.05) is 56.2 Å². The maximum Gasteiger partial charge on any atom is 0.341 e. The molecule has 1 unspecified atom stereocenters. The van der Waals surface area contributed by atoms with Gasteiger partial charge >= 0.3 is 5.97 Å². The minimum atomic E-state index is -1.07. The second-order valence-corrected chi connectivity index (χ2v) is 8.49. The van der Waals surface area contributed by atoms with Gasteiger partial charge < -0.3 is 19.5 Å². The summed E-state index contributed by atoms with van der Waals surface area (Å²) in [6.07, 6.45) is 0.207. The SMILES string of the molecule is CC(Oc1ccccc1Cc1cc(Cl)ccc1OCC(=O)O)C(=O)N1CCN(CCC#N)CC1. The molecule has 34 heavy (non-hydrogen) atoms. The van der Waals surface area contributed by atoms with Crippen LogP contribution >= 0.6 is 11.6 Å². The Morgan fingerprint density at radius 3 is 2.56 bits per heavy atom. The number of nitrogens with zero attached hydrogens (tertiary/aromatic N) is 3. The number of aliphatic carboxylic acids is 1. The number of hydrogen-bond acceptors (Lipinski definition) is 6. The second-order valence-electron chi connectivity index (χ2n) is 8.05. The molecule has 180 valence electrons. The van der Waals surface area contributed by atoms with Crippen molar-refractivity contribution in [2.24, 2.45) is 0 Å². The van der Waals surface area contributed by atoms with Crippen LogP contribution in [0, 0.1) is 11.3 Å². The number of amides is 1. The van der Waals surface area contributed by atoms with Gasteiger partial charge in [-0.05, 0) is 36.8 Å². The van der Waals surface area contributed by atoms with Crippen molar-refractivity contribution < 1.29 is 24.2 Å². The van der Waals surface area contributed by atoms with E-state index in [0.717, 1.165) is 30.8 Å². The fraction of sp³-hybridized carbons (Fsp3) is 0.400. The van der Waals surface area contributed by atoms with Gasteiger partial charge in [-0.3, -0.25) is 9.69 Å². The summed E-state index contributed by atoms with van der Waals surface area (Å²) >= 11 is 6.16. The van der Waals surface area contributed by atoms with Gasteiger partial charge in [0.1, 0.15) is 11.5 Å². The summed E-state index contributed by atoms with van der Waals surface area (Å²) in [6.45, 7) is 4.69. The molecule has 0 saturated carbocycles. The van der Waals surface area contributed by atoms with Crippen LogP contribution in [0.2, 0.25) is 5.02 Å². The first kappa shape index (κ1) is 25.3. The Kier molecular flexibility index (Phi) is 9.14. The van der Waals surface area contributed by atoms with Crippen LogP contribution in [-0.4, -0.2) is 72.2 Å². The van der Waals surface area contributed by atoms with E-state index in [9.17, 15) is 9.59 Å². The van der Waals surface area contributed by atoms with Crippen molar-refractivity contribution in [2.75, 3.05) is 39.3 Å². The fourth-order valence-corrected chi connectivity index (χ4v) is 4.03. The molecule has 1 fully saturated rings. The Balaban J connectivity index is 1.67. The smallest absolute Gasteiger partial charge is 0.341 e. The summed E-state index contributed by atoms with van der Waals surface area (Å²) in [5.74, 6) is -0.147. The van der Waals surface area contributed by atoms with Gasteiger partial charge in [-0.2, -0.15) is 5.26 Å². The van der Waals surface area contributed by atoms with Crippen molar-refractivity contribution in [1.82, 2.24) is 9.80 Å². The van der Waals surface area contributed by atoms with Crippen LogP contribution in [0.4, 0.5) is 0 Å². The molecule has 0 radical (unpaired) electrons. The number of halogens is 1. The molecule has 3 rings (SSSR count). The molecular weight excluding hydrogens is 458 g/mol. The number of benzene rings is 2. The highest BCUT2D eigenvalue weighted by atomic mass is 35.5. The summed E-state index contributed by atoms with van der Waals surface area (Å²) in [4.78, 5) is 27.9. The van der Waals surface area contributed by atoms with Gasteiger partial charge in [0.15, 0.2) is 12.7 Å². The molecule has 2 aromatic rings. The minimum absolute atomic E-state index is 0.0806. The average molecular weight is 486 g/mol. The third kappa shape index (κ3) is 7.11. The number of piperazine rings is 1. The maximum atomic E-state index is 13.0. The van der Waals surface area contributed by atoms with Gasteiger partial charge in [0.2, 0.25) is 0 Å². The normalized spacial score (nSPS) is 14.8. The van der Waals surface area contributed by atoms with Gasteiger partial charge in [-0.25, -0.2) is 4.79 Å². The largest absolute Gasteiger partial charge is 0.482 e. The minimum Gasteiger partial charge on any atom is -0.482 e. The Bertz CT molecular complexity index is 1050. The van der Waals surface area contributed by atoms with E-state index < -0.39 is 18.7 Å². The molecule has 1 N–H and O–H groups in total. The predicted molar refractivity (Wildman–Crippen MR) is 127 cm³/mol.